The van der Waals surface area contributed by atoms with E-state index in [1.807, 2.05) is 18.5 Å². The zero-order chi connectivity index (χ0) is 15.5. The Kier molecular flexibility index (Phi) is 5.40. The summed E-state index contributed by atoms with van der Waals surface area (Å²) >= 11 is 7.15. The van der Waals surface area contributed by atoms with Crippen LogP contribution in [-0.2, 0) is 16.6 Å². The van der Waals surface area contributed by atoms with Crippen LogP contribution in [0.2, 0.25) is 5.02 Å². The SMILES string of the molecule is CNCc1csc(S(=O)(=O)NC(C)c2cccc(Cl)c2)c1. The molecule has 2 N–H and O–H groups in total. The molecule has 0 amide bonds. The normalized spacial score (nSPS) is 13.3. The minimum atomic E-state index is -3.52. The Labute approximate surface area is 134 Å². The molecule has 114 valence electrons. The van der Waals surface area contributed by atoms with Crippen molar-refractivity contribution in [1.82, 2.24) is 10.0 Å². The molecule has 4 nitrogen and oxygen atoms in total. The fourth-order valence-corrected chi connectivity index (χ4v) is 4.58. The van der Waals surface area contributed by atoms with Crippen LogP contribution in [0.3, 0.4) is 0 Å². The molecule has 0 spiro atoms. The minimum absolute atomic E-state index is 0.321. The number of rotatable bonds is 6. The van der Waals surface area contributed by atoms with Crippen molar-refractivity contribution in [3.05, 3.63) is 51.9 Å². The lowest BCUT2D eigenvalue weighted by Gasteiger charge is -2.14. The maximum absolute atomic E-state index is 12.4. The van der Waals surface area contributed by atoms with Gasteiger partial charge < -0.3 is 5.32 Å². The average Bonchev–Trinajstić information content (AvgIpc) is 2.88. The summed E-state index contributed by atoms with van der Waals surface area (Å²) in [6, 6.07) is 8.52. The van der Waals surface area contributed by atoms with Crippen LogP contribution in [0.1, 0.15) is 24.1 Å². The number of sulfonamides is 1. The molecule has 1 atom stereocenters. The minimum Gasteiger partial charge on any atom is -0.316 e. The summed E-state index contributed by atoms with van der Waals surface area (Å²) in [6.07, 6.45) is 0. The van der Waals surface area contributed by atoms with Gasteiger partial charge in [0.25, 0.3) is 10.0 Å². The first-order chi connectivity index (χ1) is 9.92. The van der Waals surface area contributed by atoms with Gasteiger partial charge >= 0.3 is 0 Å². The second-order valence-corrected chi connectivity index (χ2v) is 7.99. The lowest BCUT2D eigenvalue weighted by atomic mass is 10.1. The van der Waals surface area contributed by atoms with Gasteiger partial charge in [0.15, 0.2) is 0 Å². The summed E-state index contributed by atoms with van der Waals surface area (Å²) < 4.78 is 27.7. The van der Waals surface area contributed by atoms with Gasteiger partial charge in [-0.2, -0.15) is 0 Å². The van der Waals surface area contributed by atoms with E-state index in [1.165, 1.54) is 11.3 Å². The van der Waals surface area contributed by atoms with Crippen molar-refractivity contribution >= 4 is 33.0 Å². The molecule has 21 heavy (non-hydrogen) atoms. The maximum atomic E-state index is 12.4. The van der Waals surface area contributed by atoms with Crippen molar-refractivity contribution in [2.75, 3.05) is 7.05 Å². The summed E-state index contributed by atoms with van der Waals surface area (Å²) in [7, 11) is -1.70. The van der Waals surface area contributed by atoms with Crippen LogP contribution in [0.15, 0.2) is 39.9 Å². The Morgan fingerprint density at radius 2 is 2.10 bits per heavy atom. The van der Waals surface area contributed by atoms with Gasteiger partial charge in [-0.3, -0.25) is 0 Å². The fraction of sp³-hybridized carbons (Fsp3) is 0.286. The Bertz CT molecular complexity index is 713. The van der Waals surface area contributed by atoms with Gasteiger partial charge in [-0.05, 0) is 48.7 Å². The number of nitrogens with one attached hydrogen (secondary N) is 2. The first-order valence-electron chi connectivity index (χ1n) is 6.42. The van der Waals surface area contributed by atoms with Crippen molar-refractivity contribution < 1.29 is 8.42 Å². The van der Waals surface area contributed by atoms with E-state index in [9.17, 15) is 8.42 Å². The molecule has 7 heteroatoms. The Hall–Kier alpha value is -0.920. The third-order valence-electron chi connectivity index (χ3n) is 2.96. The number of halogens is 1. The number of thiophene rings is 1. The zero-order valence-corrected chi connectivity index (χ0v) is 14.1. The summed E-state index contributed by atoms with van der Waals surface area (Å²) in [4.78, 5) is 0. The largest absolute Gasteiger partial charge is 0.316 e. The van der Waals surface area contributed by atoms with Crippen LogP contribution >= 0.6 is 22.9 Å². The van der Waals surface area contributed by atoms with Gasteiger partial charge in [0.2, 0.25) is 0 Å². The van der Waals surface area contributed by atoms with Crippen molar-refractivity contribution in [3.8, 4) is 0 Å². The third kappa shape index (κ3) is 4.28. The molecule has 2 rings (SSSR count). The summed E-state index contributed by atoms with van der Waals surface area (Å²) in [5, 5.41) is 5.43. The highest BCUT2D eigenvalue weighted by molar-refractivity contribution is 7.91. The molecule has 1 aromatic heterocycles. The highest BCUT2D eigenvalue weighted by Crippen LogP contribution is 2.24. The van der Waals surface area contributed by atoms with E-state index >= 15 is 0 Å². The van der Waals surface area contributed by atoms with Gasteiger partial charge in [0.05, 0.1) is 0 Å². The lowest BCUT2D eigenvalue weighted by molar-refractivity contribution is 0.569. The maximum Gasteiger partial charge on any atom is 0.250 e. The number of hydrogen-bond acceptors (Lipinski definition) is 4. The van der Waals surface area contributed by atoms with Crippen LogP contribution in [0.25, 0.3) is 0 Å². The molecule has 1 aromatic carbocycles. The fourth-order valence-electron chi connectivity index (χ4n) is 1.93. The first kappa shape index (κ1) is 16.5. The smallest absolute Gasteiger partial charge is 0.250 e. The summed E-state index contributed by atoms with van der Waals surface area (Å²) in [6.45, 7) is 2.45. The molecular formula is C14H17ClN2O2S2. The Balaban J connectivity index is 2.16. The highest BCUT2D eigenvalue weighted by Gasteiger charge is 2.20. The van der Waals surface area contributed by atoms with Crippen molar-refractivity contribution in [2.24, 2.45) is 0 Å². The van der Waals surface area contributed by atoms with Crippen LogP contribution in [0.4, 0.5) is 0 Å². The summed E-state index contributed by atoms with van der Waals surface area (Å²) in [5.41, 5.74) is 1.79. The molecule has 2 aromatic rings. The quantitative estimate of drug-likeness (QED) is 0.846. The van der Waals surface area contributed by atoms with E-state index in [2.05, 4.69) is 10.0 Å². The van der Waals surface area contributed by atoms with Gasteiger partial charge in [-0.25, -0.2) is 13.1 Å². The second kappa shape index (κ2) is 6.89. The lowest BCUT2D eigenvalue weighted by Crippen LogP contribution is -2.26. The van der Waals surface area contributed by atoms with E-state index in [-0.39, 0.29) is 6.04 Å². The monoisotopic (exact) mass is 344 g/mol. The van der Waals surface area contributed by atoms with Gasteiger partial charge in [-0.1, -0.05) is 23.7 Å². The Morgan fingerprint density at radius 3 is 2.76 bits per heavy atom. The van der Waals surface area contributed by atoms with Crippen LogP contribution in [0, 0.1) is 0 Å². The second-order valence-electron chi connectivity index (χ2n) is 4.70. The number of hydrogen-bond donors (Lipinski definition) is 2. The molecule has 0 fully saturated rings. The molecule has 0 saturated heterocycles. The average molecular weight is 345 g/mol. The van der Waals surface area contributed by atoms with Crippen LogP contribution < -0.4 is 10.0 Å². The van der Waals surface area contributed by atoms with E-state index < -0.39 is 10.0 Å². The van der Waals surface area contributed by atoms with Crippen molar-refractivity contribution in [2.45, 2.75) is 23.7 Å². The molecule has 0 aliphatic rings. The van der Waals surface area contributed by atoms with Crippen molar-refractivity contribution in [3.63, 3.8) is 0 Å². The Morgan fingerprint density at radius 1 is 1.33 bits per heavy atom. The summed E-state index contributed by atoms with van der Waals surface area (Å²) in [5.74, 6) is 0. The van der Waals surface area contributed by atoms with E-state index in [4.69, 9.17) is 11.6 Å². The van der Waals surface area contributed by atoms with Crippen molar-refractivity contribution in [1.29, 1.82) is 0 Å². The van der Waals surface area contributed by atoms with E-state index in [0.29, 0.717) is 15.8 Å². The molecule has 0 saturated carbocycles. The predicted octanol–water partition coefficient (Wildman–Crippen LogP) is 3.16. The number of benzene rings is 1. The van der Waals surface area contributed by atoms with E-state index in [0.717, 1.165) is 11.1 Å². The van der Waals surface area contributed by atoms with Crippen LogP contribution in [-0.4, -0.2) is 15.5 Å². The topological polar surface area (TPSA) is 58.2 Å². The van der Waals surface area contributed by atoms with Gasteiger partial charge in [0.1, 0.15) is 4.21 Å². The molecule has 1 heterocycles. The third-order valence-corrected chi connectivity index (χ3v) is 6.22. The standard InChI is InChI=1S/C14H17ClN2O2S2/c1-10(12-4-3-5-13(15)7-12)17-21(18,19)14-6-11(8-16-2)9-20-14/h3-7,9-10,16-17H,8H2,1-2H3. The van der Waals surface area contributed by atoms with Crippen LogP contribution in [0.5, 0.6) is 0 Å². The van der Waals surface area contributed by atoms with Gasteiger partial charge in [-0.15, -0.1) is 11.3 Å². The zero-order valence-electron chi connectivity index (χ0n) is 11.8. The molecule has 1 unspecified atom stereocenters. The molecule has 0 aliphatic carbocycles. The van der Waals surface area contributed by atoms with Gasteiger partial charge in [0, 0.05) is 17.6 Å². The first-order valence-corrected chi connectivity index (χ1v) is 9.16. The molecule has 0 bridgehead atoms. The highest BCUT2D eigenvalue weighted by atomic mass is 35.5. The molecule has 0 radical (unpaired) electrons. The van der Waals surface area contributed by atoms with E-state index in [1.54, 1.807) is 31.2 Å². The predicted molar refractivity (Wildman–Crippen MR) is 87.3 cm³/mol. The molecule has 0 aliphatic heterocycles. The molecular weight excluding hydrogens is 328 g/mol.